The van der Waals surface area contributed by atoms with Gasteiger partial charge < -0.3 is 9.30 Å². The third-order valence-electron chi connectivity index (χ3n) is 3.67. The van der Waals surface area contributed by atoms with E-state index in [9.17, 15) is 0 Å². The first-order valence-corrected chi connectivity index (χ1v) is 7.64. The van der Waals surface area contributed by atoms with Crippen LogP contribution >= 0.6 is 11.6 Å². The van der Waals surface area contributed by atoms with Gasteiger partial charge in [-0.1, -0.05) is 19.9 Å². The van der Waals surface area contributed by atoms with Gasteiger partial charge in [-0.3, -0.25) is 0 Å². The highest BCUT2D eigenvalue weighted by molar-refractivity contribution is 6.17. The van der Waals surface area contributed by atoms with E-state index in [0.29, 0.717) is 18.4 Å². The minimum atomic E-state index is 0.282. The lowest BCUT2D eigenvalue weighted by Gasteiger charge is -2.24. The first kappa shape index (κ1) is 15.3. The number of hydrogen-bond donors (Lipinski definition) is 0. The predicted octanol–water partition coefficient (Wildman–Crippen LogP) is 3.97. The summed E-state index contributed by atoms with van der Waals surface area (Å²) in [7, 11) is 1.75. The van der Waals surface area contributed by atoms with Crippen molar-refractivity contribution >= 4 is 22.6 Å². The SMILES string of the molecule is COCC(C(C)C)n1c(CCCl)nc2ccc(C)cc21. The maximum absolute atomic E-state index is 5.94. The maximum Gasteiger partial charge on any atom is 0.111 e. The molecule has 1 aromatic carbocycles. The van der Waals surface area contributed by atoms with E-state index in [1.54, 1.807) is 7.11 Å². The van der Waals surface area contributed by atoms with Crippen LogP contribution in [0.2, 0.25) is 0 Å². The van der Waals surface area contributed by atoms with Crippen LogP contribution in [0.3, 0.4) is 0 Å². The molecular formula is C16H23ClN2O. The minimum Gasteiger partial charge on any atom is -0.383 e. The number of ether oxygens (including phenoxy) is 1. The molecular weight excluding hydrogens is 272 g/mol. The molecule has 2 aromatic rings. The van der Waals surface area contributed by atoms with Crippen LogP contribution in [0.1, 0.15) is 31.3 Å². The topological polar surface area (TPSA) is 27.1 Å². The van der Waals surface area contributed by atoms with Gasteiger partial charge >= 0.3 is 0 Å². The molecule has 110 valence electrons. The lowest BCUT2D eigenvalue weighted by molar-refractivity contribution is 0.133. The molecule has 1 aromatic heterocycles. The molecule has 1 atom stereocenters. The van der Waals surface area contributed by atoms with Gasteiger partial charge in [-0.25, -0.2) is 4.98 Å². The van der Waals surface area contributed by atoms with Crippen molar-refractivity contribution in [3.8, 4) is 0 Å². The number of hydrogen-bond acceptors (Lipinski definition) is 2. The predicted molar refractivity (Wildman–Crippen MR) is 84.6 cm³/mol. The molecule has 0 radical (unpaired) electrons. The van der Waals surface area contributed by atoms with Crippen molar-refractivity contribution in [2.24, 2.45) is 5.92 Å². The smallest absolute Gasteiger partial charge is 0.111 e. The number of nitrogens with zero attached hydrogens (tertiary/aromatic N) is 2. The number of imidazole rings is 1. The Morgan fingerprint density at radius 1 is 1.35 bits per heavy atom. The van der Waals surface area contributed by atoms with Crippen molar-refractivity contribution in [3.63, 3.8) is 0 Å². The molecule has 0 aliphatic rings. The lowest BCUT2D eigenvalue weighted by atomic mass is 10.0. The molecule has 0 N–H and O–H groups in total. The second kappa shape index (κ2) is 6.59. The van der Waals surface area contributed by atoms with Crippen molar-refractivity contribution in [1.82, 2.24) is 9.55 Å². The molecule has 0 saturated heterocycles. The molecule has 3 nitrogen and oxygen atoms in total. The molecule has 1 unspecified atom stereocenters. The van der Waals surface area contributed by atoms with E-state index in [2.05, 4.69) is 43.5 Å². The van der Waals surface area contributed by atoms with Crippen molar-refractivity contribution in [2.75, 3.05) is 19.6 Å². The molecule has 1 heterocycles. The van der Waals surface area contributed by atoms with E-state index < -0.39 is 0 Å². The van der Waals surface area contributed by atoms with Crippen LogP contribution in [-0.4, -0.2) is 29.1 Å². The van der Waals surface area contributed by atoms with Crippen LogP contribution in [-0.2, 0) is 11.2 Å². The Labute approximate surface area is 125 Å². The van der Waals surface area contributed by atoms with E-state index >= 15 is 0 Å². The van der Waals surface area contributed by atoms with Crippen LogP contribution in [0.5, 0.6) is 0 Å². The maximum atomic E-state index is 5.94. The van der Waals surface area contributed by atoms with Crippen LogP contribution < -0.4 is 0 Å². The summed E-state index contributed by atoms with van der Waals surface area (Å²) in [4.78, 5) is 4.75. The first-order valence-electron chi connectivity index (χ1n) is 7.10. The summed E-state index contributed by atoms with van der Waals surface area (Å²) in [6, 6.07) is 6.67. The number of aromatic nitrogens is 2. The standard InChI is InChI=1S/C16H23ClN2O/c1-11(2)15(10-20-4)19-14-9-12(3)5-6-13(14)18-16(19)7-8-17/h5-6,9,11,15H,7-8,10H2,1-4H3. The van der Waals surface area contributed by atoms with Gasteiger partial charge in [-0.05, 0) is 30.5 Å². The van der Waals surface area contributed by atoms with E-state index in [4.69, 9.17) is 21.3 Å². The average Bonchev–Trinajstić information content (AvgIpc) is 2.73. The Morgan fingerprint density at radius 2 is 2.10 bits per heavy atom. The van der Waals surface area contributed by atoms with Crippen LogP contribution in [0.25, 0.3) is 11.0 Å². The van der Waals surface area contributed by atoms with Crippen molar-refractivity contribution in [2.45, 2.75) is 33.2 Å². The van der Waals surface area contributed by atoms with Crippen molar-refractivity contribution in [3.05, 3.63) is 29.6 Å². The second-order valence-corrected chi connectivity index (χ2v) is 5.97. The zero-order valence-corrected chi connectivity index (χ0v) is 13.4. The molecule has 0 bridgehead atoms. The highest BCUT2D eigenvalue weighted by Gasteiger charge is 2.21. The summed E-state index contributed by atoms with van der Waals surface area (Å²) < 4.78 is 7.74. The Bertz CT molecular complexity index is 577. The number of aryl methyl sites for hydroxylation is 2. The Hall–Kier alpha value is -1.06. The molecule has 0 saturated carbocycles. The lowest BCUT2D eigenvalue weighted by Crippen LogP contribution is -2.22. The molecule has 0 aliphatic carbocycles. The van der Waals surface area contributed by atoms with Gasteiger partial charge in [0.15, 0.2) is 0 Å². The van der Waals surface area contributed by atoms with Crippen LogP contribution in [0.15, 0.2) is 18.2 Å². The summed E-state index contributed by atoms with van der Waals surface area (Å²) in [6.45, 7) is 7.23. The largest absolute Gasteiger partial charge is 0.383 e. The third kappa shape index (κ3) is 2.99. The highest BCUT2D eigenvalue weighted by Crippen LogP contribution is 2.27. The fourth-order valence-electron chi connectivity index (χ4n) is 2.62. The molecule has 0 fully saturated rings. The number of halogens is 1. The van der Waals surface area contributed by atoms with Gasteiger partial charge in [-0.15, -0.1) is 11.6 Å². The van der Waals surface area contributed by atoms with Gasteiger partial charge in [0.1, 0.15) is 5.82 Å². The van der Waals surface area contributed by atoms with Crippen molar-refractivity contribution in [1.29, 1.82) is 0 Å². The zero-order valence-electron chi connectivity index (χ0n) is 12.7. The molecule has 2 rings (SSSR count). The minimum absolute atomic E-state index is 0.282. The van der Waals surface area contributed by atoms with Gasteiger partial charge in [0, 0.05) is 19.4 Å². The number of alkyl halides is 1. The number of methoxy groups -OCH3 is 1. The summed E-state index contributed by atoms with van der Waals surface area (Å²) in [5.41, 5.74) is 3.47. The number of benzene rings is 1. The van der Waals surface area contributed by atoms with E-state index in [-0.39, 0.29) is 6.04 Å². The van der Waals surface area contributed by atoms with Crippen LogP contribution in [0.4, 0.5) is 0 Å². The second-order valence-electron chi connectivity index (χ2n) is 5.60. The fraction of sp³-hybridized carbons (Fsp3) is 0.562. The summed E-state index contributed by atoms with van der Waals surface area (Å²) in [5.74, 6) is 2.11. The van der Waals surface area contributed by atoms with Gasteiger partial charge in [-0.2, -0.15) is 0 Å². The van der Waals surface area contributed by atoms with Gasteiger partial charge in [0.2, 0.25) is 0 Å². The molecule has 0 amide bonds. The summed E-state index contributed by atoms with van der Waals surface area (Å²) in [6.07, 6.45) is 0.780. The quantitative estimate of drug-likeness (QED) is 0.754. The van der Waals surface area contributed by atoms with Crippen LogP contribution in [0, 0.1) is 12.8 Å². The zero-order chi connectivity index (χ0) is 14.7. The third-order valence-corrected chi connectivity index (χ3v) is 3.86. The molecule has 20 heavy (non-hydrogen) atoms. The highest BCUT2D eigenvalue weighted by atomic mass is 35.5. The van der Waals surface area contributed by atoms with Gasteiger partial charge in [0.25, 0.3) is 0 Å². The molecule has 0 aliphatic heterocycles. The Balaban J connectivity index is 2.61. The first-order chi connectivity index (χ1) is 9.58. The summed E-state index contributed by atoms with van der Waals surface area (Å²) >= 11 is 5.94. The van der Waals surface area contributed by atoms with Crippen molar-refractivity contribution < 1.29 is 4.74 Å². The van der Waals surface area contributed by atoms with E-state index in [0.717, 1.165) is 17.8 Å². The molecule has 4 heteroatoms. The Morgan fingerprint density at radius 3 is 2.70 bits per heavy atom. The Kier molecular flexibility index (Phi) is 5.06. The average molecular weight is 295 g/mol. The number of fused-ring (bicyclic) bond motifs is 1. The van der Waals surface area contributed by atoms with E-state index in [1.807, 2.05) is 0 Å². The normalized spacial score (nSPS) is 13.3. The fourth-order valence-corrected chi connectivity index (χ4v) is 2.79. The van der Waals surface area contributed by atoms with Gasteiger partial charge in [0.05, 0.1) is 23.7 Å². The number of rotatable bonds is 6. The molecule has 0 spiro atoms. The van der Waals surface area contributed by atoms with E-state index in [1.165, 1.54) is 11.1 Å². The monoisotopic (exact) mass is 294 g/mol. The summed E-state index contributed by atoms with van der Waals surface area (Å²) in [5, 5.41) is 0.